The van der Waals surface area contributed by atoms with Gasteiger partial charge in [-0.15, -0.1) is 0 Å². The normalized spacial score (nSPS) is 12.1. The lowest BCUT2D eigenvalue weighted by molar-refractivity contribution is -0.133. The second kappa shape index (κ2) is 8.60. The van der Waals surface area contributed by atoms with E-state index in [1.807, 2.05) is 4.72 Å². The molecule has 0 aliphatic rings. The van der Waals surface area contributed by atoms with Crippen LogP contribution < -0.4 is 10.2 Å². The number of nitrogens with zero attached hydrogens (tertiary/aromatic N) is 1. The fourth-order valence-electron chi connectivity index (χ4n) is 2.25. The molecule has 3 amide bonds. The number of carbonyl (C=O) groups is 2. The Labute approximate surface area is 155 Å². The van der Waals surface area contributed by atoms with Crippen molar-refractivity contribution in [3.8, 4) is 0 Å². The Kier molecular flexibility index (Phi) is 6.48. The lowest BCUT2D eigenvalue weighted by Crippen LogP contribution is -2.51. The van der Waals surface area contributed by atoms with Crippen molar-refractivity contribution in [1.82, 2.24) is 15.1 Å². The van der Waals surface area contributed by atoms with E-state index in [1.54, 1.807) is 30.3 Å². The fraction of sp³-hybridized carbons (Fsp3) is 0.176. The number of carbonyl (C=O) groups excluding carboxylic acids is 2. The summed E-state index contributed by atoms with van der Waals surface area (Å²) in [5.41, 5.74) is 2.08. The van der Waals surface area contributed by atoms with Crippen molar-refractivity contribution in [2.75, 3.05) is 0 Å². The Morgan fingerprint density at radius 1 is 1.11 bits per heavy atom. The maximum Gasteiger partial charge on any atom is 0.332 e. The van der Waals surface area contributed by atoms with Gasteiger partial charge in [-0.2, -0.15) is 0 Å². The summed E-state index contributed by atoms with van der Waals surface area (Å²) in [5, 5.41) is 8.83. The number of halogens is 1. The molecule has 0 aliphatic carbocycles. The number of urea groups is 1. The number of hydrogen-bond acceptors (Lipinski definition) is 5. The molecule has 0 unspecified atom stereocenters. The van der Waals surface area contributed by atoms with Crippen molar-refractivity contribution >= 4 is 22.0 Å². The van der Waals surface area contributed by atoms with E-state index in [2.05, 4.69) is 0 Å². The highest BCUT2D eigenvalue weighted by Crippen LogP contribution is 2.13. The van der Waals surface area contributed by atoms with Crippen LogP contribution in [0.2, 0.25) is 0 Å². The minimum absolute atomic E-state index is 0.0831. The van der Waals surface area contributed by atoms with Crippen molar-refractivity contribution in [2.24, 2.45) is 0 Å². The number of hydroxylamine groups is 1. The number of nitrogens with one attached hydrogen (secondary N) is 2. The van der Waals surface area contributed by atoms with Gasteiger partial charge in [-0.1, -0.05) is 30.3 Å². The summed E-state index contributed by atoms with van der Waals surface area (Å²) >= 11 is 0. The molecular weight excluding hydrogens is 377 g/mol. The molecule has 2 rings (SSSR count). The largest absolute Gasteiger partial charge is 0.332 e. The van der Waals surface area contributed by atoms with Gasteiger partial charge in [0.2, 0.25) is 0 Å². The van der Waals surface area contributed by atoms with E-state index in [0.717, 1.165) is 29.2 Å². The quantitative estimate of drug-likeness (QED) is 0.508. The van der Waals surface area contributed by atoms with Gasteiger partial charge in [0.1, 0.15) is 11.9 Å². The molecule has 2 aromatic rings. The van der Waals surface area contributed by atoms with Crippen molar-refractivity contribution in [2.45, 2.75) is 24.4 Å². The van der Waals surface area contributed by atoms with Crippen molar-refractivity contribution in [3.63, 3.8) is 0 Å². The first kappa shape index (κ1) is 20.3. The molecule has 0 radical (unpaired) electrons. The van der Waals surface area contributed by atoms with E-state index >= 15 is 0 Å². The molecule has 0 spiro atoms. The molecule has 2 aromatic carbocycles. The van der Waals surface area contributed by atoms with Crippen LogP contribution in [0, 0.1) is 5.82 Å². The summed E-state index contributed by atoms with van der Waals surface area (Å²) in [6.07, 6.45) is 0. The van der Waals surface area contributed by atoms with Crippen LogP contribution in [0.5, 0.6) is 0 Å². The van der Waals surface area contributed by atoms with E-state index < -0.39 is 33.8 Å². The Morgan fingerprint density at radius 2 is 1.70 bits per heavy atom. The van der Waals surface area contributed by atoms with E-state index in [-0.39, 0.29) is 11.4 Å². The Hall–Kier alpha value is -2.98. The van der Waals surface area contributed by atoms with Gasteiger partial charge < -0.3 is 4.90 Å². The topological polar surface area (TPSA) is 116 Å². The first-order chi connectivity index (χ1) is 12.7. The van der Waals surface area contributed by atoms with Gasteiger partial charge in [0.25, 0.3) is 15.9 Å². The highest BCUT2D eigenvalue weighted by Gasteiger charge is 2.29. The SMILES string of the molecule is C[C@@H](C(=O)NO)N(Cc1ccccc1)C(=O)NS(=O)(=O)c1ccc(F)cc1. The molecule has 0 heterocycles. The molecule has 0 aliphatic heterocycles. The molecule has 0 bridgehead atoms. The van der Waals surface area contributed by atoms with E-state index in [0.29, 0.717) is 5.56 Å². The highest BCUT2D eigenvalue weighted by molar-refractivity contribution is 7.90. The lowest BCUT2D eigenvalue weighted by Gasteiger charge is -2.27. The average molecular weight is 395 g/mol. The van der Waals surface area contributed by atoms with Gasteiger partial charge >= 0.3 is 6.03 Å². The van der Waals surface area contributed by atoms with Crippen LogP contribution in [-0.2, 0) is 21.4 Å². The average Bonchev–Trinajstić information content (AvgIpc) is 2.65. The summed E-state index contributed by atoms with van der Waals surface area (Å²) in [5.74, 6) is -1.51. The number of hydrogen-bond donors (Lipinski definition) is 3. The third kappa shape index (κ3) is 5.25. The van der Waals surface area contributed by atoms with Gasteiger partial charge in [0, 0.05) is 6.54 Å². The summed E-state index contributed by atoms with van der Waals surface area (Å²) in [6.45, 7) is 1.25. The van der Waals surface area contributed by atoms with Gasteiger partial charge in [-0.3, -0.25) is 10.0 Å². The van der Waals surface area contributed by atoms with Crippen LogP contribution >= 0.6 is 0 Å². The zero-order valence-electron chi connectivity index (χ0n) is 14.3. The van der Waals surface area contributed by atoms with Crippen LogP contribution in [0.3, 0.4) is 0 Å². The van der Waals surface area contributed by atoms with Crippen LogP contribution in [-0.4, -0.2) is 36.5 Å². The van der Waals surface area contributed by atoms with Crippen LogP contribution in [0.25, 0.3) is 0 Å². The number of sulfonamides is 1. The molecule has 0 aromatic heterocycles. The van der Waals surface area contributed by atoms with Crippen molar-refractivity contribution in [1.29, 1.82) is 0 Å². The van der Waals surface area contributed by atoms with Gasteiger partial charge in [0.05, 0.1) is 4.90 Å². The predicted octanol–water partition coefficient (Wildman–Crippen LogP) is 1.62. The molecule has 0 fully saturated rings. The molecule has 27 heavy (non-hydrogen) atoms. The van der Waals surface area contributed by atoms with E-state index in [4.69, 9.17) is 5.21 Å². The maximum atomic E-state index is 13.0. The van der Waals surface area contributed by atoms with E-state index in [1.165, 1.54) is 12.4 Å². The molecular formula is C17H18FN3O5S. The monoisotopic (exact) mass is 395 g/mol. The smallest absolute Gasteiger partial charge is 0.308 e. The van der Waals surface area contributed by atoms with Gasteiger partial charge in [-0.25, -0.2) is 27.8 Å². The molecule has 8 nitrogen and oxygen atoms in total. The third-order valence-electron chi connectivity index (χ3n) is 3.76. The predicted molar refractivity (Wildman–Crippen MR) is 93.5 cm³/mol. The third-order valence-corrected chi connectivity index (χ3v) is 5.10. The molecule has 1 atom stereocenters. The Balaban J connectivity index is 2.27. The summed E-state index contributed by atoms with van der Waals surface area (Å²) in [7, 11) is -4.28. The second-order valence-corrected chi connectivity index (χ2v) is 7.31. The summed E-state index contributed by atoms with van der Waals surface area (Å²) < 4.78 is 39.5. The Bertz CT molecular complexity index is 904. The molecule has 10 heteroatoms. The zero-order chi connectivity index (χ0) is 20.0. The number of rotatable bonds is 6. The van der Waals surface area contributed by atoms with Crippen LogP contribution in [0.1, 0.15) is 12.5 Å². The van der Waals surface area contributed by atoms with Crippen LogP contribution in [0.15, 0.2) is 59.5 Å². The molecule has 0 saturated heterocycles. The molecule has 144 valence electrons. The maximum absolute atomic E-state index is 13.0. The van der Waals surface area contributed by atoms with Crippen LogP contribution in [0.4, 0.5) is 9.18 Å². The lowest BCUT2D eigenvalue weighted by atomic mass is 10.2. The first-order valence-electron chi connectivity index (χ1n) is 7.81. The minimum atomic E-state index is -4.28. The first-order valence-corrected chi connectivity index (χ1v) is 9.30. The minimum Gasteiger partial charge on any atom is -0.308 e. The van der Waals surface area contributed by atoms with E-state index in [9.17, 15) is 22.4 Å². The number of amides is 3. The van der Waals surface area contributed by atoms with Crippen molar-refractivity contribution in [3.05, 3.63) is 66.0 Å². The van der Waals surface area contributed by atoms with Gasteiger partial charge in [0.15, 0.2) is 0 Å². The standard InChI is InChI=1S/C17H18FN3O5S/c1-12(16(22)19-24)21(11-13-5-3-2-4-6-13)17(23)20-27(25,26)15-9-7-14(18)8-10-15/h2-10,12,24H,11H2,1H3,(H,19,22)(H,20,23)/t12-/m0/s1. The summed E-state index contributed by atoms with van der Waals surface area (Å²) in [6, 6.07) is 10.3. The second-order valence-electron chi connectivity index (χ2n) is 5.63. The highest BCUT2D eigenvalue weighted by atomic mass is 32.2. The fourth-order valence-corrected chi connectivity index (χ4v) is 3.21. The molecule has 3 N–H and O–H groups in total. The summed E-state index contributed by atoms with van der Waals surface area (Å²) in [4.78, 5) is 24.9. The molecule has 0 saturated carbocycles. The van der Waals surface area contributed by atoms with Crippen molar-refractivity contribution < 1.29 is 27.6 Å². The Morgan fingerprint density at radius 3 is 2.26 bits per heavy atom. The zero-order valence-corrected chi connectivity index (χ0v) is 15.1. The number of benzene rings is 2. The van der Waals surface area contributed by atoms with Gasteiger partial charge in [-0.05, 0) is 36.8 Å².